The molecule has 0 unspecified atom stereocenters. The van der Waals surface area contributed by atoms with Crippen LogP contribution in [-0.2, 0) is 16.1 Å². The minimum Gasteiger partial charge on any atom is -0.493 e. The molecule has 0 amide bonds. The van der Waals surface area contributed by atoms with Gasteiger partial charge in [-0.3, -0.25) is 9.69 Å². The van der Waals surface area contributed by atoms with E-state index < -0.39 is 0 Å². The van der Waals surface area contributed by atoms with Crippen molar-refractivity contribution in [3.8, 4) is 28.7 Å². The van der Waals surface area contributed by atoms with Crippen LogP contribution >= 0.6 is 0 Å². The third kappa shape index (κ3) is 3.21. The quantitative estimate of drug-likeness (QED) is 0.739. The first-order valence-electron chi connectivity index (χ1n) is 8.87. The van der Waals surface area contributed by atoms with Gasteiger partial charge in [0.15, 0.2) is 11.5 Å². The molecular weight excluding hydrogens is 352 g/mol. The average Bonchev–Trinajstić information content (AvgIpc) is 3.40. The van der Waals surface area contributed by atoms with Crippen LogP contribution in [0.15, 0.2) is 16.5 Å². The maximum Gasteiger partial charge on any atom is 0.323 e. The van der Waals surface area contributed by atoms with E-state index in [4.69, 9.17) is 23.4 Å². The summed E-state index contributed by atoms with van der Waals surface area (Å²) in [4.78, 5) is 18.7. The summed E-state index contributed by atoms with van der Waals surface area (Å²) in [6, 6.07) is 3.42. The second kappa shape index (κ2) is 7.11. The lowest BCUT2D eigenvalue weighted by atomic mass is 10.2. The van der Waals surface area contributed by atoms with E-state index in [9.17, 15) is 4.79 Å². The number of esters is 1. The normalized spacial score (nSPS) is 18.7. The minimum absolute atomic E-state index is 0.162. The minimum atomic E-state index is -0.222. The van der Waals surface area contributed by atoms with Gasteiger partial charge >= 0.3 is 5.97 Å². The highest BCUT2D eigenvalue weighted by atomic mass is 16.7. The number of oxazole rings is 1. The van der Waals surface area contributed by atoms with Gasteiger partial charge in [0.1, 0.15) is 11.8 Å². The molecule has 0 radical (unpaired) electrons. The summed E-state index contributed by atoms with van der Waals surface area (Å²) in [7, 11) is 3.00. The summed E-state index contributed by atoms with van der Waals surface area (Å²) >= 11 is 0. The lowest BCUT2D eigenvalue weighted by molar-refractivity contribution is -0.146. The molecule has 8 nitrogen and oxygen atoms in total. The van der Waals surface area contributed by atoms with Crippen LogP contribution in [0.4, 0.5) is 0 Å². The van der Waals surface area contributed by atoms with E-state index in [-0.39, 0.29) is 18.8 Å². The number of benzene rings is 1. The van der Waals surface area contributed by atoms with Gasteiger partial charge in [0.05, 0.1) is 19.9 Å². The number of nitrogens with zero attached hydrogens (tertiary/aromatic N) is 2. The Bertz CT molecular complexity index is 862. The number of hydrogen-bond donors (Lipinski definition) is 0. The molecule has 2 aliphatic rings. The second-order valence-corrected chi connectivity index (χ2v) is 6.59. The monoisotopic (exact) mass is 374 g/mol. The van der Waals surface area contributed by atoms with Crippen molar-refractivity contribution < 1.29 is 28.2 Å². The maximum atomic E-state index is 12.0. The van der Waals surface area contributed by atoms with Crippen LogP contribution in [-0.4, -0.2) is 49.5 Å². The zero-order valence-electron chi connectivity index (χ0n) is 15.6. The number of methoxy groups -OCH3 is 2. The largest absolute Gasteiger partial charge is 0.493 e. The second-order valence-electron chi connectivity index (χ2n) is 6.59. The van der Waals surface area contributed by atoms with E-state index in [0.29, 0.717) is 29.7 Å². The van der Waals surface area contributed by atoms with Crippen molar-refractivity contribution >= 4 is 5.97 Å². The highest BCUT2D eigenvalue weighted by Crippen LogP contribution is 2.44. The van der Waals surface area contributed by atoms with Crippen molar-refractivity contribution in [2.45, 2.75) is 32.4 Å². The molecule has 1 saturated heterocycles. The molecule has 0 bridgehead atoms. The van der Waals surface area contributed by atoms with Crippen molar-refractivity contribution in [2.75, 3.05) is 27.6 Å². The van der Waals surface area contributed by atoms with Crippen molar-refractivity contribution in [3.63, 3.8) is 0 Å². The van der Waals surface area contributed by atoms with Gasteiger partial charge in [-0.2, -0.15) is 0 Å². The maximum absolute atomic E-state index is 12.0. The molecule has 1 atom stereocenters. The fourth-order valence-electron chi connectivity index (χ4n) is 3.56. The lowest BCUT2D eigenvalue weighted by Gasteiger charge is -2.21. The van der Waals surface area contributed by atoms with Gasteiger partial charge in [-0.25, -0.2) is 4.98 Å². The predicted octanol–water partition coefficient (Wildman–Crippen LogP) is 2.52. The lowest BCUT2D eigenvalue weighted by Crippen LogP contribution is -2.36. The number of aryl methyl sites for hydroxylation is 1. The van der Waals surface area contributed by atoms with Gasteiger partial charge in [-0.05, 0) is 38.4 Å². The molecule has 0 aliphatic carbocycles. The zero-order chi connectivity index (χ0) is 19.0. The van der Waals surface area contributed by atoms with Crippen LogP contribution in [0.25, 0.3) is 11.5 Å². The van der Waals surface area contributed by atoms with Crippen molar-refractivity contribution in [1.29, 1.82) is 0 Å². The number of likely N-dealkylation sites (tertiary alicyclic amines) is 1. The number of hydrogen-bond acceptors (Lipinski definition) is 8. The molecule has 0 spiro atoms. The van der Waals surface area contributed by atoms with E-state index >= 15 is 0 Å². The third-order valence-corrected chi connectivity index (χ3v) is 4.99. The molecular formula is C19H22N2O6. The molecule has 1 aromatic heterocycles. The van der Waals surface area contributed by atoms with Crippen LogP contribution in [0.5, 0.6) is 17.2 Å². The first kappa shape index (κ1) is 17.7. The molecule has 0 saturated carbocycles. The number of carbonyl (C=O) groups excluding carboxylic acids is 1. The Hall–Kier alpha value is -2.74. The van der Waals surface area contributed by atoms with Gasteiger partial charge < -0.3 is 23.4 Å². The zero-order valence-corrected chi connectivity index (χ0v) is 15.6. The van der Waals surface area contributed by atoms with E-state index in [1.54, 1.807) is 7.11 Å². The summed E-state index contributed by atoms with van der Waals surface area (Å²) in [5.41, 5.74) is 1.55. The molecule has 0 N–H and O–H groups in total. The standard InChI is InChI=1S/C19H22N2O6/c1-11-13(9-21-6-4-5-14(21)19(22)24-3)20-18(27-11)12-7-15(23-2)17-16(8-12)25-10-26-17/h7-8,14H,4-6,9-10H2,1-3H3/t14-/m0/s1. The van der Waals surface area contributed by atoms with Gasteiger partial charge in [-0.1, -0.05) is 0 Å². The van der Waals surface area contributed by atoms with Gasteiger partial charge in [0.25, 0.3) is 0 Å². The fraction of sp³-hybridized carbons (Fsp3) is 0.474. The SMILES string of the molecule is COC(=O)[C@@H]1CCCN1Cc1nc(-c2cc(OC)c3c(c2)OCO3)oc1C. The molecule has 3 heterocycles. The summed E-state index contributed by atoms with van der Waals surface area (Å²) < 4.78 is 27.1. The Morgan fingerprint density at radius 3 is 2.96 bits per heavy atom. The van der Waals surface area contributed by atoms with E-state index in [2.05, 4.69) is 9.88 Å². The molecule has 8 heteroatoms. The highest BCUT2D eigenvalue weighted by molar-refractivity contribution is 5.76. The van der Waals surface area contributed by atoms with Crippen molar-refractivity contribution in [2.24, 2.45) is 0 Å². The van der Waals surface area contributed by atoms with Crippen LogP contribution in [0.3, 0.4) is 0 Å². The first-order chi connectivity index (χ1) is 13.1. The number of ether oxygens (including phenoxy) is 4. The first-order valence-corrected chi connectivity index (χ1v) is 8.87. The van der Waals surface area contributed by atoms with Crippen molar-refractivity contribution in [1.82, 2.24) is 9.88 Å². The fourth-order valence-corrected chi connectivity index (χ4v) is 3.56. The molecule has 27 heavy (non-hydrogen) atoms. The smallest absolute Gasteiger partial charge is 0.323 e. The molecule has 2 aromatic rings. The summed E-state index contributed by atoms with van der Waals surface area (Å²) in [6.45, 7) is 3.41. The number of aromatic nitrogens is 1. The number of rotatable bonds is 5. The Labute approximate surface area is 157 Å². The van der Waals surface area contributed by atoms with Crippen LogP contribution in [0.2, 0.25) is 0 Å². The van der Waals surface area contributed by atoms with E-state index in [1.165, 1.54) is 7.11 Å². The average molecular weight is 374 g/mol. The van der Waals surface area contributed by atoms with Gasteiger partial charge in [0.2, 0.25) is 18.4 Å². The topological polar surface area (TPSA) is 83.3 Å². The Morgan fingerprint density at radius 2 is 2.19 bits per heavy atom. The summed E-state index contributed by atoms with van der Waals surface area (Å²) in [5, 5.41) is 0. The molecule has 1 fully saturated rings. The molecule has 144 valence electrons. The highest BCUT2D eigenvalue weighted by Gasteiger charge is 2.32. The van der Waals surface area contributed by atoms with Gasteiger partial charge in [0, 0.05) is 12.1 Å². The van der Waals surface area contributed by atoms with Gasteiger partial charge in [-0.15, -0.1) is 0 Å². The summed E-state index contributed by atoms with van der Waals surface area (Å²) in [5.74, 6) is 2.76. The van der Waals surface area contributed by atoms with Crippen molar-refractivity contribution in [3.05, 3.63) is 23.6 Å². The number of fused-ring (bicyclic) bond motifs is 1. The molecule has 4 rings (SSSR count). The van der Waals surface area contributed by atoms with E-state index in [0.717, 1.165) is 36.4 Å². The Kier molecular flexibility index (Phi) is 4.65. The number of carbonyl (C=O) groups is 1. The van der Waals surface area contributed by atoms with Crippen LogP contribution in [0, 0.1) is 6.92 Å². The summed E-state index contributed by atoms with van der Waals surface area (Å²) in [6.07, 6.45) is 1.76. The third-order valence-electron chi connectivity index (χ3n) is 4.99. The molecule has 1 aromatic carbocycles. The predicted molar refractivity (Wildman–Crippen MR) is 94.8 cm³/mol. The molecule has 2 aliphatic heterocycles. The van der Waals surface area contributed by atoms with Crippen LogP contribution < -0.4 is 14.2 Å². The van der Waals surface area contributed by atoms with E-state index in [1.807, 2.05) is 19.1 Å². The Morgan fingerprint density at radius 1 is 1.33 bits per heavy atom. The Balaban J connectivity index is 1.60. The van der Waals surface area contributed by atoms with Crippen LogP contribution in [0.1, 0.15) is 24.3 Å².